The minimum atomic E-state index is 0.786. The summed E-state index contributed by atoms with van der Waals surface area (Å²) in [6.07, 6.45) is 0.964. The second-order valence-electron chi connectivity index (χ2n) is 3.78. The van der Waals surface area contributed by atoms with Gasteiger partial charge in [0.05, 0.1) is 0 Å². The van der Waals surface area contributed by atoms with Gasteiger partial charge in [0.1, 0.15) is 0 Å². The van der Waals surface area contributed by atoms with Crippen LogP contribution < -0.4 is 5.73 Å². The number of halogens is 1. The van der Waals surface area contributed by atoms with E-state index in [0.717, 1.165) is 22.0 Å². The van der Waals surface area contributed by atoms with E-state index in [1.165, 1.54) is 10.5 Å². The summed E-state index contributed by atoms with van der Waals surface area (Å²) in [5, 5.41) is 0.841. The van der Waals surface area contributed by atoms with Crippen molar-refractivity contribution in [3.63, 3.8) is 0 Å². The van der Waals surface area contributed by atoms with Gasteiger partial charge in [-0.05, 0) is 48.4 Å². The second kappa shape index (κ2) is 5.48. The summed E-state index contributed by atoms with van der Waals surface area (Å²) in [5.41, 5.74) is 7.63. The molecule has 3 heteroatoms. The molecule has 0 bridgehead atoms. The molecule has 88 valence electrons. The van der Waals surface area contributed by atoms with Crippen LogP contribution in [-0.4, -0.2) is 0 Å². The van der Waals surface area contributed by atoms with E-state index in [9.17, 15) is 0 Å². The molecule has 0 saturated carbocycles. The van der Waals surface area contributed by atoms with Gasteiger partial charge in [0.25, 0.3) is 0 Å². The van der Waals surface area contributed by atoms with E-state index < -0.39 is 0 Å². The van der Waals surface area contributed by atoms with Crippen molar-refractivity contribution in [3.05, 3.63) is 53.1 Å². The zero-order valence-corrected chi connectivity index (χ0v) is 11.2. The first-order valence-corrected chi connectivity index (χ1v) is 6.70. The maximum atomic E-state index is 6.19. The number of hydrogen-bond donors (Lipinski definition) is 1. The van der Waals surface area contributed by atoms with Gasteiger partial charge in [-0.3, -0.25) is 0 Å². The fraction of sp³-hybridized carbons (Fsp3) is 0.143. The van der Waals surface area contributed by atoms with Crippen LogP contribution in [0.25, 0.3) is 0 Å². The zero-order chi connectivity index (χ0) is 12.3. The quantitative estimate of drug-likeness (QED) is 0.817. The molecule has 0 saturated heterocycles. The molecule has 0 unspecified atom stereocenters. The molecule has 0 heterocycles. The van der Waals surface area contributed by atoms with Gasteiger partial charge in [-0.25, -0.2) is 0 Å². The van der Waals surface area contributed by atoms with Crippen LogP contribution in [-0.2, 0) is 6.42 Å². The number of hydrogen-bond acceptors (Lipinski definition) is 2. The minimum absolute atomic E-state index is 0.786. The van der Waals surface area contributed by atoms with Crippen LogP contribution in [0.4, 0.5) is 5.69 Å². The van der Waals surface area contributed by atoms with E-state index in [0.29, 0.717) is 0 Å². The van der Waals surface area contributed by atoms with Gasteiger partial charge in [0.15, 0.2) is 0 Å². The van der Waals surface area contributed by atoms with Crippen molar-refractivity contribution >= 4 is 29.1 Å². The van der Waals surface area contributed by atoms with Crippen LogP contribution in [0.3, 0.4) is 0 Å². The molecule has 0 aliphatic carbocycles. The molecular formula is C14H14ClNS. The first-order chi connectivity index (χ1) is 8.19. The minimum Gasteiger partial charge on any atom is -0.399 e. The highest BCUT2D eigenvalue weighted by atomic mass is 35.5. The summed E-state index contributed by atoms with van der Waals surface area (Å²) in [4.78, 5) is 2.32. The lowest BCUT2D eigenvalue weighted by Gasteiger charge is -2.05. The largest absolute Gasteiger partial charge is 0.399 e. The highest BCUT2D eigenvalue weighted by Crippen LogP contribution is 2.31. The Morgan fingerprint density at radius 3 is 2.29 bits per heavy atom. The predicted octanol–water partition coefficient (Wildman–Crippen LogP) is 4.64. The fourth-order valence-corrected chi connectivity index (χ4v) is 2.79. The molecule has 0 atom stereocenters. The molecule has 0 aromatic heterocycles. The Morgan fingerprint density at radius 1 is 1.06 bits per heavy atom. The van der Waals surface area contributed by atoms with Crippen LogP contribution in [0.2, 0.25) is 5.02 Å². The number of nitrogen functional groups attached to an aromatic ring is 1. The van der Waals surface area contributed by atoms with Crippen molar-refractivity contribution in [1.29, 1.82) is 0 Å². The molecule has 0 radical (unpaired) electrons. The number of anilines is 1. The van der Waals surface area contributed by atoms with Crippen LogP contribution in [0, 0.1) is 0 Å². The van der Waals surface area contributed by atoms with Crippen LogP contribution in [0.1, 0.15) is 12.5 Å². The molecule has 17 heavy (non-hydrogen) atoms. The molecule has 0 fully saturated rings. The maximum absolute atomic E-state index is 6.19. The van der Waals surface area contributed by atoms with E-state index in [1.807, 2.05) is 30.3 Å². The SMILES string of the molecule is CCc1ccc(Sc2ccc(N)cc2)cc1Cl. The summed E-state index contributed by atoms with van der Waals surface area (Å²) >= 11 is 7.88. The molecule has 2 aromatic rings. The number of rotatable bonds is 3. The lowest BCUT2D eigenvalue weighted by Crippen LogP contribution is -1.84. The summed E-state index contributed by atoms with van der Waals surface area (Å²) in [5.74, 6) is 0. The van der Waals surface area contributed by atoms with Crippen molar-refractivity contribution in [3.8, 4) is 0 Å². The first-order valence-electron chi connectivity index (χ1n) is 5.51. The number of benzene rings is 2. The highest BCUT2D eigenvalue weighted by Gasteiger charge is 2.02. The first kappa shape index (κ1) is 12.3. The molecule has 1 nitrogen and oxygen atoms in total. The molecule has 2 aromatic carbocycles. The molecule has 2 rings (SSSR count). The number of nitrogens with two attached hydrogens (primary N) is 1. The van der Waals surface area contributed by atoms with Crippen LogP contribution >= 0.6 is 23.4 Å². The molecular weight excluding hydrogens is 250 g/mol. The van der Waals surface area contributed by atoms with E-state index in [-0.39, 0.29) is 0 Å². The van der Waals surface area contributed by atoms with Gasteiger partial charge in [0.2, 0.25) is 0 Å². The standard InChI is InChI=1S/C14H14ClNS/c1-2-10-3-6-13(9-14(10)15)17-12-7-4-11(16)5-8-12/h3-9H,2,16H2,1H3. The number of aryl methyl sites for hydroxylation is 1. The predicted molar refractivity (Wildman–Crippen MR) is 75.8 cm³/mol. The topological polar surface area (TPSA) is 26.0 Å². The maximum Gasteiger partial charge on any atom is 0.0449 e. The van der Waals surface area contributed by atoms with Crippen molar-refractivity contribution in [2.45, 2.75) is 23.1 Å². The molecule has 0 aliphatic rings. The molecule has 2 N–H and O–H groups in total. The van der Waals surface area contributed by atoms with Crippen molar-refractivity contribution in [1.82, 2.24) is 0 Å². The summed E-state index contributed by atoms with van der Waals surface area (Å²) in [7, 11) is 0. The molecule has 0 amide bonds. The summed E-state index contributed by atoms with van der Waals surface area (Å²) < 4.78 is 0. The van der Waals surface area contributed by atoms with Crippen molar-refractivity contribution < 1.29 is 0 Å². The molecule has 0 aliphatic heterocycles. The third kappa shape index (κ3) is 3.18. The average molecular weight is 264 g/mol. The van der Waals surface area contributed by atoms with Gasteiger partial charge in [-0.15, -0.1) is 0 Å². The lowest BCUT2D eigenvalue weighted by molar-refractivity contribution is 1.13. The van der Waals surface area contributed by atoms with Crippen LogP contribution in [0.15, 0.2) is 52.3 Å². The van der Waals surface area contributed by atoms with Crippen molar-refractivity contribution in [2.75, 3.05) is 5.73 Å². The third-order valence-corrected chi connectivity index (χ3v) is 3.87. The zero-order valence-electron chi connectivity index (χ0n) is 9.61. The van der Waals surface area contributed by atoms with Crippen molar-refractivity contribution in [2.24, 2.45) is 0 Å². The Bertz CT molecular complexity index is 508. The molecule has 0 spiro atoms. The Labute approximate surface area is 111 Å². The monoisotopic (exact) mass is 263 g/mol. The second-order valence-corrected chi connectivity index (χ2v) is 5.33. The fourth-order valence-electron chi connectivity index (χ4n) is 1.55. The van der Waals surface area contributed by atoms with Gasteiger partial charge in [-0.2, -0.15) is 0 Å². The normalized spacial score (nSPS) is 10.5. The van der Waals surface area contributed by atoms with E-state index >= 15 is 0 Å². The Morgan fingerprint density at radius 2 is 1.71 bits per heavy atom. The van der Waals surface area contributed by atoms with E-state index in [2.05, 4.69) is 19.1 Å². The van der Waals surface area contributed by atoms with Gasteiger partial charge >= 0.3 is 0 Å². The smallest absolute Gasteiger partial charge is 0.0449 e. The Hall–Kier alpha value is -1.12. The van der Waals surface area contributed by atoms with Gasteiger partial charge in [-0.1, -0.05) is 36.4 Å². The Kier molecular flexibility index (Phi) is 3.97. The summed E-state index contributed by atoms with van der Waals surface area (Å²) in [6, 6.07) is 14.0. The Balaban J connectivity index is 2.19. The summed E-state index contributed by atoms with van der Waals surface area (Å²) in [6.45, 7) is 2.11. The van der Waals surface area contributed by atoms with E-state index in [1.54, 1.807) is 11.8 Å². The lowest BCUT2D eigenvalue weighted by atomic mass is 10.2. The van der Waals surface area contributed by atoms with Gasteiger partial charge in [0, 0.05) is 20.5 Å². The van der Waals surface area contributed by atoms with E-state index in [4.69, 9.17) is 17.3 Å². The highest BCUT2D eigenvalue weighted by molar-refractivity contribution is 7.99. The van der Waals surface area contributed by atoms with Crippen LogP contribution in [0.5, 0.6) is 0 Å². The van der Waals surface area contributed by atoms with Gasteiger partial charge < -0.3 is 5.73 Å². The average Bonchev–Trinajstić information content (AvgIpc) is 2.32. The third-order valence-electron chi connectivity index (χ3n) is 2.52.